The summed E-state index contributed by atoms with van der Waals surface area (Å²) < 4.78 is 0. The van der Waals surface area contributed by atoms with E-state index in [2.05, 4.69) is 5.32 Å². The molecule has 0 radical (unpaired) electrons. The van der Waals surface area contributed by atoms with Crippen molar-refractivity contribution in [2.75, 3.05) is 0 Å². The van der Waals surface area contributed by atoms with Gasteiger partial charge in [0.15, 0.2) is 0 Å². The molecule has 1 aromatic rings. The Morgan fingerprint density at radius 2 is 1.95 bits per heavy atom. The summed E-state index contributed by atoms with van der Waals surface area (Å²) in [5.74, 6) is 3.15. The van der Waals surface area contributed by atoms with Gasteiger partial charge in [-0.25, -0.2) is 0 Å². The van der Waals surface area contributed by atoms with Crippen molar-refractivity contribution in [2.45, 2.75) is 32.2 Å². The fraction of sp³-hybridized carbons (Fsp3) is 0.562. The highest BCUT2D eigenvalue weighted by atomic mass is 16.3. The van der Waals surface area contributed by atoms with Crippen LogP contribution in [0.5, 0.6) is 5.75 Å². The minimum Gasteiger partial charge on any atom is -0.507 e. The lowest BCUT2D eigenvalue weighted by Gasteiger charge is -2.11. The van der Waals surface area contributed by atoms with Crippen molar-refractivity contribution >= 4 is 5.91 Å². The fourth-order valence-corrected chi connectivity index (χ4v) is 4.58. The van der Waals surface area contributed by atoms with Crippen molar-refractivity contribution in [3.8, 4) is 5.75 Å². The van der Waals surface area contributed by atoms with Crippen LogP contribution in [0.4, 0.5) is 0 Å². The van der Waals surface area contributed by atoms with Crippen LogP contribution >= 0.6 is 0 Å². The average Bonchev–Trinajstić information content (AvgIpc) is 2.78. The van der Waals surface area contributed by atoms with E-state index in [-0.39, 0.29) is 11.7 Å². The normalized spacial score (nSPS) is 38.1. The van der Waals surface area contributed by atoms with Gasteiger partial charge in [-0.15, -0.1) is 0 Å². The van der Waals surface area contributed by atoms with Gasteiger partial charge in [-0.3, -0.25) is 4.79 Å². The Kier molecular flexibility index (Phi) is 2.23. The van der Waals surface area contributed by atoms with Gasteiger partial charge in [-0.1, -0.05) is 6.07 Å². The van der Waals surface area contributed by atoms with E-state index in [1.165, 1.54) is 19.3 Å². The van der Waals surface area contributed by atoms with Crippen LogP contribution in [-0.4, -0.2) is 17.1 Å². The molecule has 19 heavy (non-hydrogen) atoms. The third-order valence-corrected chi connectivity index (χ3v) is 5.43. The lowest BCUT2D eigenvalue weighted by molar-refractivity contribution is 0.0941. The molecule has 3 nitrogen and oxygen atoms in total. The molecule has 0 spiro atoms. The summed E-state index contributed by atoms with van der Waals surface area (Å²) >= 11 is 0. The molecule has 2 N–H and O–H groups in total. The Labute approximate surface area is 113 Å². The van der Waals surface area contributed by atoms with Crippen LogP contribution in [0.25, 0.3) is 0 Å². The zero-order valence-corrected chi connectivity index (χ0v) is 11.1. The molecule has 4 atom stereocenters. The molecule has 4 rings (SSSR count). The van der Waals surface area contributed by atoms with Gasteiger partial charge in [0.05, 0.1) is 5.56 Å². The highest BCUT2D eigenvalue weighted by Crippen LogP contribution is 2.65. The number of hydrogen-bond donors (Lipinski definition) is 2. The largest absolute Gasteiger partial charge is 0.507 e. The number of fused-ring (bicyclic) bond motifs is 5. The summed E-state index contributed by atoms with van der Waals surface area (Å²) in [4.78, 5) is 12.2. The van der Waals surface area contributed by atoms with Crippen LogP contribution in [0.2, 0.25) is 0 Å². The van der Waals surface area contributed by atoms with Gasteiger partial charge in [0.2, 0.25) is 0 Å². The van der Waals surface area contributed by atoms with Gasteiger partial charge >= 0.3 is 0 Å². The topological polar surface area (TPSA) is 49.3 Å². The summed E-state index contributed by atoms with van der Waals surface area (Å²) in [6.07, 6.45) is 4.10. The maximum Gasteiger partial charge on any atom is 0.255 e. The van der Waals surface area contributed by atoms with E-state index in [1.54, 1.807) is 12.1 Å². The third-order valence-electron chi connectivity index (χ3n) is 5.43. The van der Waals surface area contributed by atoms with Gasteiger partial charge in [0.1, 0.15) is 5.75 Å². The number of phenolic OH excluding ortho intramolecular Hbond substituents is 1. The van der Waals surface area contributed by atoms with Crippen LogP contribution in [0.15, 0.2) is 18.2 Å². The molecule has 0 heterocycles. The van der Waals surface area contributed by atoms with Crippen molar-refractivity contribution < 1.29 is 9.90 Å². The van der Waals surface area contributed by atoms with Gasteiger partial charge < -0.3 is 10.4 Å². The number of aromatic hydroxyl groups is 1. The Hall–Kier alpha value is -1.51. The molecule has 0 aliphatic heterocycles. The van der Waals surface area contributed by atoms with E-state index in [0.717, 1.165) is 29.2 Å². The maximum absolute atomic E-state index is 12.2. The Morgan fingerprint density at radius 1 is 1.26 bits per heavy atom. The van der Waals surface area contributed by atoms with Crippen molar-refractivity contribution in [1.82, 2.24) is 5.32 Å². The summed E-state index contributed by atoms with van der Waals surface area (Å²) in [5, 5.41) is 13.0. The van der Waals surface area contributed by atoms with Crippen LogP contribution in [-0.2, 0) is 0 Å². The van der Waals surface area contributed by atoms with E-state index in [9.17, 15) is 9.90 Å². The first-order valence-electron chi connectivity index (χ1n) is 7.25. The molecule has 2 bridgehead atoms. The number of phenols is 1. The minimum atomic E-state index is -0.115. The summed E-state index contributed by atoms with van der Waals surface area (Å²) in [7, 11) is 0. The van der Waals surface area contributed by atoms with E-state index >= 15 is 0 Å². The van der Waals surface area contributed by atoms with Crippen molar-refractivity contribution in [2.24, 2.45) is 23.7 Å². The first-order valence-corrected chi connectivity index (χ1v) is 7.25. The fourth-order valence-electron chi connectivity index (χ4n) is 4.58. The molecular formula is C16H19NO2. The number of aryl methyl sites for hydroxylation is 1. The first kappa shape index (κ1) is 11.3. The van der Waals surface area contributed by atoms with E-state index in [0.29, 0.717) is 11.6 Å². The van der Waals surface area contributed by atoms with Crippen LogP contribution < -0.4 is 5.32 Å². The molecule has 3 saturated carbocycles. The quantitative estimate of drug-likeness (QED) is 0.855. The van der Waals surface area contributed by atoms with Crippen LogP contribution in [0.1, 0.15) is 35.2 Å². The second-order valence-corrected chi connectivity index (χ2v) is 6.51. The summed E-state index contributed by atoms with van der Waals surface area (Å²) in [5.41, 5.74) is 1.37. The molecule has 100 valence electrons. The van der Waals surface area contributed by atoms with Crippen LogP contribution in [0.3, 0.4) is 0 Å². The number of hydrogen-bond acceptors (Lipinski definition) is 2. The molecule has 4 unspecified atom stereocenters. The lowest BCUT2D eigenvalue weighted by atomic mass is 10.0. The van der Waals surface area contributed by atoms with E-state index < -0.39 is 0 Å². The summed E-state index contributed by atoms with van der Waals surface area (Å²) in [6, 6.07) is 5.60. The number of carbonyl (C=O) groups excluding carboxylic acids is 1. The average molecular weight is 257 g/mol. The van der Waals surface area contributed by atoms with Crippen molar-refractivity contribution in [1.29, 1.82) is 0 Å². The standard InChI is InChI=1S/C16H19NO2/c1-8-2-5-11(12(18)6-8)16(19)17-15-13-9-3-4-10(7-9)14(13)15/h2,5-6,9-10,13-15,18H,3-4,7H2,1H3,(H,17,19). The minimum absolute atomic E-state index is 0.0891. The number of benzene rings is 1. The molecule has 3 aliphatic carbocycles. The smallest absolute Gasteiger partial charge is 0.255 e. The van der Waals surface area contributed by atoms with Gasteiger partial charge in [-0.2, -0.15) is 0 Å². The SMILES string of the molecule is Cc1ccc(C(=O)NC2C3C4CCC(C4)C23)c(O)c1. The molecule has 1 amide bonds. The Balaban J connectivity index is 1.48. The second-order valence-electron chi connectivity index (χ2n) is 6.51. The predicted octanol–water partition coefficient (Wildman–Crippen LogP) is 2.47. The zero-order chi connectivity index (χ0) is 13.1. The molecular weight excluding hydrogens is 238 g/mol. The van der Waals surface area contributed by atoms with Crippen molar-refractivity contribution in [3.05, 3.63) is 29.3 Å². The molecule has 0 saturated heterocycles. The third kappa shape index (κ3) is 1.60. The Morgan fingerprint density at radius 3 is 2.58 bits per heavy atom. The number of nitrogens with one attached hydrogen (secondary N) is 1. The Bertz CT molecular complexity index is 538. The number of rotatable bonds is 2. The lowest BCUT2D eigenvalue weighted by Crippen LogP contribution is -2.29. The molecule has 3 aliphatic rings. The second kappa shape index (κ2) is 3.75. The highest BCUT2D eigenvalue weighted by molar-refractivity contribution is 5.97. The van der Waals surface area contributed by atoms with Crippen molar-refractivity contribution in [3.63, 3.8) is 0 Å². The zero-order valence-electron chi connectivity index (χ0n) is 11.1. The molecule has 0 aromatic heterocycles. The summed E-state index contributed by atoms with van der Waals surface area (Å²) in [6.45, 7) is 1.91. The van der Waals surface area contributed by atoms with Crippen LogP contribution in [0, 0.1) is 30.6 Å². The highest BCUT2D eigenvalue weighted by Gasteiger charge is 2.65. The number of amides is 1. The first-order chi connectivity index (χ1) is 9.15. The predicted molar refractivity (Wildman–Crippen MR) is 71.9 cm³/mol. The van der Waals surface area contributed by atoms with Gasteiger partial charge in [0.25, 0.3) is 5.91 Å². The molecule has 3 heteroatoms. The maximum atomic E-state index is 12.2. The molecule has 1 aromatic carbocycles. The van der Waals surface area contributed by atoms with E-state index in [4.69, 9.17) is 0 Å². The number of carbonyl (C=O) groups is 1. The molecule has 3 fully saturated rings. The van der Waals surface area contributed by atoms with E-state index in [1.807, 2.05) is 13.0 Å². The van der Waals surface area contributed by atoms with Gasteiger partial charge in [-0.05, 0) is 67.6 Å². The monoisotopic (exact) mass is 257 g/mol. The van der Waals surface area contributed by atoms with Gasteiger partial charge in [0, 0.05) is 6.04 Å².